The Labute approximate surface area is 104 Å². The number of nitrogens with zero attached hydrogens (tertiary/aromatic N) is 1. The molecule has 2 rings (SSSR count). The van der Waals surface area contributed by atoms with E-state index in [9.17, 15) is 13.6 Å². The van der Waals surface area contributed by atoms with Gasteiger partial charge in [-0.2, -0.15) is 0 Å². The molecule has 0 aromatic heterocycles. The zero-order chi connectivity index (χ0) is 13.1. The minimum Gasteiger partial charge on any atom is -0.354 e. The van der Waals surface area contributed by atoms with Crippen molar-refractivity contribution in [2.75, 3.05) is 26.2 Å². The largest absolute Gasteiger partial charge is 0.354 e. The second-order valence-electron chi connectivity index (χ2n) is 4.36. The lowest BCUT2D eigenvalue weighted by Crippen LogP contribution is -2.49. The average molecular weight is 255 g/mol. The summed E-state index contributed by atoms with van der Waals surface area (Å²) in [4.78, 5) is 13.0. The minimum atomic E-state index is -0.647. The molecule has 1 unspecified atom stereocenters. The normalized spacial score (nSPS) is 18.5. The second kappa shape index (κ2) is 5.41. The molecule has 0 aliphatic carbocycles. The van der Waals surface area contributed by atoms with E-state index >= 15 is 0 Å². The first-order chi connectivity index (χ1) is 8.56. The lowest BCUT2D eigenvalue weighted by molar-refractivity contribution is -0.124. The fourth-order valence-corrected chi connectivity index (χ4v) is 2.02. The Morgan fingerprint density at radius 2 is 2.22 bits per heavy atom. The molecule has 1 aliphatic rings. The van der Waals surface area contributed by atoms with E-state index in [0.29, 0.717) is 19.6 Å². The number of benzene rings is 1. The lowest BCUT2D eigenvalue weighted by atomic mass is 10.1. The van der Waals surface area contributed by atoms with Gasteiger partial charge in [0.15, 0.2) is 0 Å². The Hall–Kier alpha value is -1.53. The number of hydrogen-bond donors (Lipinski definition) is 2. The Kier molecular flexibility index (Phi) is 3.88. The number of piperazine rings is 1. The molecule has 1 fully saturated rings. The molecule has 3 N–H and O–H groups in total. The Bertz CT molecular complexity index is 453. The zero-order valence-electron chi connectivity index (χ0n) is 9.83. The monoisotopic (exact) mass is 255 g/mol. The van der Waals surface area contributed by atoms with Crippen molar-refractivity contribution in [3.8, 4) is 0 Å². The van der Waals surface area contributed by atoms with Crippen molar-refractivity contribution in [1.29, 1.82) is 0 Å². The summed E-state index contributed by atoms with van der Waals surface area (Å²) in [7, 11) is 0. The predicted octanol–water partition coefficient (Wildman–Crippen LogP) is 0.396. The van der Waals surface area contributed by atoms with Gasteiger partial charge in [-0.05, 0) is 18.2 Å². The number of nitrogens with one attached hydrogen (secondary N) is 1. The van der Waals surface area contributed by atoms with Gasteiger partial charge in [0.2, 0.25) is 5.91 Å². The Morgan fingerprint density at radius 1 is 1.44 bits per heavy atom. The van der Waals surface area contributed by atoms with Crippen molar-refractivity contribution in [2.24, 2.45) is 5.73 Å². The molecule has 1 aliphatic heterocycles. The minimum absolute atomic E-state index is 0.0758. The molecule has 1 amide bonds. The molecule has 1 saturated heterocycles. The Morgan fingerprint density at radius 3 is 2.94 bits per heavy atom. The maximum absolute atomic E-state index is 13.5. The summed E-state index contributed by atoms with van der Waals surface area (Å²) < 4.78 is 26.6. The highest BCUT2D eigenvalue weighted by atomic mass is 19.1. The third kappa shape index (κ3) is 3.02. The highest BCUT2D eigenvalue weighted by molar-refractivity contribution is 5.78. The first-order valence-electron chi connectivity index (χ1n) is 5.76. The summed E-state index contributed by atoms with van der Waals surface area (Å²) in [5.41, 5.74) is 6.00. The second-order valence-corrected chi connectivity index (χ2v) is 4.36. The molecule has 18 heavy (non-hydrogen) atoms. The van der Waals surface area contributed by atoms with E-state index in [0.717, 1.165) is 18.2 Å². The van der Waals surface area contributed by atoms with Gasteiger partial charge in [0, 0.05) is 31.2 Å². The summed E-state index contributed by atoms with van der Waals surface area (Å²) in [6, 6.07) is 2.57. The van der Waals surface area contributed by atoms with Crippen molar-refractivity contribution in [3.05, 3.63) is 35.4 Å². The average Bonchev–Trinajstić information content (AvgIpc) is 2.32. The molecule has 98 valence electrons. The van der Waals surface area contributed by atoms with E-state index in [4.69, 9.17) is 5.73 Å². The van der Waals surface area contributed by atoms with Crippen LogP contribution in [-0.4, -0.2) is 37.0 Å². The number of hydrogen-bond acceptors (Lipinski definition) is 3. The molecule has 0 radical (unpaired) electrons. The molecule has 0 spiro atoms. The quantitative estimate of drug-likeness (QED) is 0.821. The summed E-state index contributed by atoms with van der Waals surface area (Å²) in [6.07, 6.45) is 0. The summed E-state index contributed by atoms with van der Waals surface area (Å²) >= 11 is 0. The number of carbonyl (C=O) groups excluding carboxylic acids is 1. The van der Waals surface area contributed by atoms with Crippen LogP contribution in [0, 0.1) is 11.6 Å². The number of nitrogens with two attached hydrogens (primary N) is 1. The van der Waals surface area contributed by atoms with Gasteiger partial charge in [-0.1, -0.05) is 0 Å². The van der Waals surface area contributed by atoms with Crippen LogP contribution in [-0.2, 0) is 4.79 Å². The molecular weight excluding hydrogens is 240 g/mol. The Balaban J connectivity index is 2.04. The fourth-order valence-electron chi connectivity index (χ4n) is 2.02. The SMILES string of the molecule is NC(CN1CCNC(=O)C1)c1cc(F)ccc1F. The first-order valence-corrected chi connectivity index (χ1v) is 5.76. The van der Waals surface area contributed by atoms with Crippen LogP contribution < -0.4 is 11.1 Å². The zero-order valence-corrected chi connectivity index (χ0v) is 9.83. The van der Waals surface area contributed by atoms with Crippen LogP contribution in [0.3, 0.4) is 0 Å². The maximum atomic E-state index is 13.5. The van der Waals surface area contributed by atoms with Crippen LogP contribution in [0.4, 0.5) is 8.78 Å². The van der Waals surface area contributed by atoms with E-state index in [1.54, 1.807) is 0 Å². The predicted molar refractivity (Wildman–Crippen MR) is 62.7 cm³/mol. The van der Waals surface area contributed by atoms with Crippen LogP contribution in [0.15, 0.2) is 18.2 Å². The first kappa shape index (κ1) is 12.9. The summed E-state index contributed by atoms with van der Waals surface area (Å²) in [6.45, 7) is 1.78. The fraction of sp³-hybridized carbons (Fsp3) is 0.417. The maximum Gasteiger partial charge on any atom is 0.234 e. The van der Waals surface area contributed by atoms with Crippen LogP contribution in [0.2, 0.25) is 0 Å². The molecule has 6 heteroatoms. The number of rotatable bonds is 3. The summed E-state index contributed by atoms with van der Waals surface area (Å²) in [5.74, 6) is -1.11. The van der Waals surface area contributed by atoms with Crippen molar-refractivity contribution >= 4 is 5.91 Å². The number of halogens is 2. The van der Waals surface area contributed by atoms with Gasteiger partial charge in [0.25, 0.3) is 0 Å². The molecule has 4 nitrogen and oxygen atoms in total. The molecule has 1 atom stereocenters. The highest BCUT2D eigenvalue weighted by Crippen LogP contribution is 2.17. The van der Waals surface area contributed by atoms with E-state index in [2.05, 4.69) is 5.32 Å². The highest BCUT2D eigenvalue weighted by Gasteiger charge is 2.20. The lowest BCUT2D eigenvalue weighted by Gasteiger charge is -2.29. The molecule has 0 bridgehead atoms. The third-order valence-corrected chi connectivity index (χ3v) is 2.93. The van der Waals surface area contributed by atoms with Crippen LogP contribution in [0.1, 0.15) is 11.6 Å². The van der Waals surface area contributed by atoms with Gasteiger partial charge in [0.1, 0.15) is 11.6 Å². The van der Waals surface area contributed by atoms with Gasteiger partial charge in [-0.25, -0.2) is 8.78 Å². The van der Waals surface area contributed by atoms with Gasteiger partial charge >= 0.3 is 0 Å². The molecule has 1 aromatic carbocycles. The van der Waals surface area contributed by atoms with Crippen LogP contribution in [0.25, 0.3) is 0 Å². The summed E-state index contributed by atoms with van der Waals surface area (Å²) in [5, 5.41) is 2.69. The van der Waals surface area contributed by atoms with Crippen molar-refractivity contribution < 1.29 is 13.6 Å². The van der Waals surface area contributed by atoms with Crippen LogP contribution >= 0.6 is 0 Å². The molecular formula is C12H15F2N3O. The van der Waals surface area contributed by atoms with Crippen molar-refractivity contribution in [1.82, 2.24) is 10.2 Å². The standard InChI is InChI=1S/C12H15F2N3O/c13-8-1-2-10(14)9(5-8)11(15)6-17-4-3-16-12(18)7-17/h1-2,5,11H,3-4,6-7,15H2,(H,16,18). The van der Waals surface area contributed by atoms with Crippen molar-refractivity contribution in [2.45, 2.75) is 6.04 Å². The van der Waals surface area contributed by atoms with Gasteiger partial charge in [0.05, 0.1) is 6.54 Å². The van der Waals surface area contributed by atoms with Crippen molar-refractivity contribution in [3.63, 3.8) is 0 Å². The molecule has 1 heterocycles. The smallest absolute Gasteiger partial charge is 0.234 e. The van der Waals surface area contributed by atoms with E-state index in [1.807, 2.05) is 4.90 Å². The number of amides is 1. The van der Waals surface area contributed by atoms with Gasteiger partial charge in [-0.3, -0.25) is 9.69 Å². The third-order valence-electron chi connectivity index (χ3n) is 2.93. The van der Waals surface area contributed by atoms with E-state index in [1.165, 1.54) is 0 Å². The van der Waals surface area contributed by atoms with E-state index in [-0.39, 0.29) is 18.0 Å². The van der Waals surface area contributed by atoms with Crippen LogP contribution in [0.5, 0.6) is 0 Å². The molecule has 1 aromatic rings. The number of carbonyl (C=O) groups is 1. The van der Waals surface area contributed by atoms with Gasteiger partial charge in [-0.15, -0.1) is 0 Å². The van der Waals surface area contributed by atoms with E-state index < -0.39 is 17.7 Å². The topological polar surface area (TPSA) is 58.4 Å². The molecule has 0 saturated carbocycles. The van der Waals surface area contributed by atoms with Gasteiger partial charge < -0.3 is 11.1 Å².